The minimum absolute atomic E-state index is 0. The SMILES string of the molecule is CCCCc1nc(CN2CC(N(C)CC(=O)O)[C@H](O)C2)no1.Cl. The van der Waals surface area contributed by atoms with Crippen molar-refractivity contribution in [3.05, 3.63) is 11.7 Å². The number of rotatable bonds is 8. The van der Waals surface area contributed by atoms with E-state index in [1.54, 1.807) is 11.9 Å². The zero-order valence-corrected chi connectivity index (χ0v) is 14.3. The molecule has 1 unspecified atom stereocenters. The molecule has 1 fully saturated rings. The summed E-state index contributed by atoms with van der Waals surface area (Å²) >= 11 is 0. The lowest BCUT2D eigenvalue weighted by molar-refractivity contribution is -0.138. The van der Waals surface area contributed by atoms with Crippen molar-refractivity contribution in [3.8, 4) is 0 Å². The molecule has 0 saturated carbocycles. The lowest BCUT2D eigenvalue weighted by Gasteiger charge is -2.24. The predicted molar refractivity (Wildman–Crippen MR) is 85.5 cm³/mol. The van der Waals surface area contributed by atoms with Gasteiger partial charge in [0.05, 0.1) is 19.2 Å². The molecule has 0 aromatic carbocycles. The van der Waals surface area contributed by atoms with E-state index in [9.17, 15) is 9.90 Å². The van der Waals surface area contributed by atoms with Gasteiger partial charge in [-0.05, 0) is 13.5 Å². The molecule has 1 aromatic heterocycles. The Kier molecular flexibility index (Phi) is 7.90. The van der Waals surface area contributed by atoms with Crippen molar-refractivity contribution in [2.45, 2.75) is 44.9 Å². The van der Waals surface area contributed by atoms with Crippen LogP contribution in [0.3, 0.4) is 0 Å². The molecule has 0 amide bonds. The zero-order valence-electron chi connectivity index (χ0n) is 13.5. The van der Waals surface area contributed by atoms with Crippen LogP contribution in [0.1, 0.15) is 31.5 Å². The number of hydrogen-bond acceptors (Lipinski definition) is 7. The molecule has 0 aliphatic carbocycles. The fourth-order valence-corrected chi connectivity index (χ4v) is 2.72. The molecule has 8 nitrogen and oxygen atoms in total. The highest BCUT2D eigenvalue weighted by atomic mass is 35.5. The summed E-state index contributed by atoms with van der Waals surface area (Å²) in [4.78, 5) is 18.8. The Balaban J connectivity index is 0.00000264. The maximum absolute atomic E-state index is 10.8. The first-order valence-corrected chi connectivity index (χ1v) is 7.63. The third-order valence-corrected chi connectivity index (χ3v) is 3.90. The van der Waals surface area contributed by atoms with Crippen molar-refractivity contribution in [2.24, 2.45) is 0 Å². The van der Waals surface area contributed by atoms with Gasteiger partial charge in [0, 0.05) is 25.6 Å². The molecule has 0 spiro atoms. The first-order chi connectivity index (χ1) is 10.5. The van der Waals surface area contributed by atoms with Crippen LogP contribution in [0.25, 0.3) is 0 Å². The van der Waals surface area contributed by atoms with Crippen molar-refractivity contribution in [3.63, 3.8) is 0 Å². The average Bonchev–Trinajstić information content (AvgIpc) is 3.03. The van der Waals surface area contributed by atoms with Crippen LogP contribution in [0.2, 0.25) is 0 Å². The van der Waals surface area contributed by atoms with E-state index in [4.69, 9.17) is 9.63 Å². The third-order valence-electron chi connectivity index (χ3n) is 3.90. The predicted octanol–water partition coefficient (Wildman–Crippen LogP) is 0.395. The number of aliphatic hydroxyl groups is 1. The van der Waals surface area contributed by atoms with Gasteiger partial charge in [0.2, 0.25) is 5.89 Å². The van der Waals surface area contributed by atoms with Gasteiger partial charge in [-0.2, -0.15) is 4.98 Å². The van der Waals surface area contributed by atoms with Gasteiger partial charge in [-0.1, -0.05) is 18.5 Å². The first-order valence-electron chi connectivity index (χ1n) is 7.63. The first kappa shape index (κ1) is 19.8. The summed E-state index contributed by atoms with van der Waals surface area (Å²) in [7, 11) is 1.71. The molecule has 0 radical (unpaired) electrons. The fourth-order valence-electron chi connectivity index (χ4n) is 2.72. The Morgan fingerprint density at radius 3 is 2.87 bits per heavy atom. The van der Waals surface area contributed by atoms with Crippen LogP contribution < -0.4 is 0 Å². The van der Waals surface area contributed by atoms with Crippen molar-refractivity contribution in [2.75, 3.05) is 26.7 Å². The van der Waals surface area contributed by atoms with Crippen LogP contribution in [0.5, 0.6) is 0 Å². The number of carboxylic acid groups (broad SMARTS) is 1. The Morgan fingerprint density at radius 1 is 1.48 bits per heavy atom. The van der Waals surface area contributed by atoms with E-state index in [0.29, 0.717) is 31.3 Å². The minimum atomic E-state index is -0.896. The number of likely N-dealkylation sites (N-methyl/N-ethyl adjacent to an activating group) is 1. The van der Waals surface area contributed by atoms with Crippen LogP contribution in [0.15, 0.2) is 4.52 Å². The molecule has 2 heterocycles. The number of aliphatic carboxylic acids is 1. The smallest absolute Gasteiger partial charge is 0.317 e. The zero-order chi connectivity index (χ0) is 16.1. The molecular formula is C14H25ClN4O4. The number of β-amino-alcohol motifs (C(OH)–C–C–N with tert-alkyl or cyclic N) is 1. The number of halogens is 1. The summed E-state index contributed by atoms with van der Waals surface area (Å²) in [5, 5.41) is 22.9. The van der Waals surface area contributed by atoms with Crippen LogP contribution >= 0.6 is 12.4 Å². The standard InChI is InChI=1S/C14H24N4O4.ClH/c1-3-4-5-13-15-12(16-22-13)8-18-6-10(11(19)7-18)17(2)9-14(20)21;/h10-11,19H,3-9H2,1-2H3,(H,20,21);1H/t10?,11-;/m1./s1. The van der Waals surface area contributed by atoms with E-state index in [1.165, 1.54) is 0 Å². The average molecular weight is 349 g/mol. The van der Waals surface area contributed by atoms with Gasteiger partial charge < -0.3 is 14.7 Å². The molecule has 2 rings (SSSR count). The molecule has 1 saturated heterocycles. The molecule has 1 aliphatic rings. The minimum Gasteiger partial charge on any atom is -0.480 e. The Labute approximate surface area is 141 Å². The van der Waals surface area contributed by atoms with Gasteiger partial charge in [0.1, 0.15) is 0 Å². The van der Waals surface area contributed by atoms with Gasteiger partial charge in [0.15, 0.2) is 5.82 Å². The number of hydrogen-bond donors (Lipinski definition) is 2. The Hall–Kier alpha value is -1.22. The Morgan fingerprint density at radius 2 is 2.22 bits per heavy atom. The summed E-state index contributed by atoms with van der Waals surface area (Å²) in [5.41, 5.74) is 0. The van der Waals surface area contributed by atoms with Gasteiger partial charge in [-0.25, -0.2) is 0 Å². The molecule has 2 atom stereocenters. The monoisotopic (exact) mass is 348 g/mol. The van der Waals surface area contributed by atoms with Crippen LogP contribution in [0, 0.1) is 0 Å². The van der Waals surface area contributed by atoms with E-state index in [-0.39, 0.29) is 25.0 Å². The summed E-state index contributed by atoms with van der Waals surface area (Å²) in [6.45, 7) is 3.59. The number of unbranched alkanes of at least 4 members (excludes halogenated alkanes) is 1. The van der Waals surface area contributed by atoms with Gasteiger partial charge in [-0.3, -0.25) is 14.6 Å². The molecule has 1 aliphatic heterocycles. The van der Waals surface area contributed by atoms with Crippen molar-refractivity contribution >= 4 is 18.4 Å². The number of nitrogens with zero attached hydrogens (tertiary/aromatic N) is 4. The molecule has 0 bridgehead atoms. The van der Waals surface area contributed by atoms with Gasteiger partial charge in [-0.15, -0.1) is 12.4 Å². The number of carbonyl (C=O) groups is 1. The van der Waals surface area contributed by atoms with Crippen LogP contribution in [-0.2, 0) is 17.8 Å². The van der Waals surface area contributed by atoms with Crippen molar-refractivity contribution < 1.29 is 19.5 Å². The number of aliphatic hydroxyl groups excluding tert-OH is 1. The maximum Gasteiger partial charge on any atom is 0.317 e. The molecule has 2 N–H and O–H groups in total. The largest absolute Gasteiger partial charge is 0.480 e. The quantitative estimate of drug-likeness (QED) is 0.695. The number of likely N-dealkylation sites (tertiary alicyclic amines) is 1. The second-order valence-corrected chi connectivity index (χ2v) is 5.85. The third kappa shape index (κ3) is 5.72. The van der Waals surface area contributed by atoms with Crippen molar-refractivity contribution in [1.82, 2.24) is 19.9 Å². The molecule has 1 aromatic rings. The summed E-state index contributed by atoms with van der Waals surface area (Å²) in [6.07, 6.45) is 2.31. The summed E-state index contributed by atoms with van der Waals surface area (Å²) in [5.74, 6) is 0.364. The van der Waals surface area contributed by atoms with E-state index in [0.717, 1.165) is 19.3 Å². The topological polar surface area (TPSA) is 103 Å². The summed E-state index contributed by atoms with van der Waals surface area (Å²) in [6, 6.07) is -0.192. The lowest BCUT2D eigenvalue weighted by atomic mass is 10.2. The highest BCUT2D eigenvalue weighted by molar-refractivity contribution is 5.85. The van der Waals surface area contributed by atoms with Crippen molar-refractivity contribution in [1.29, 1.82) is 0 Å². The number of carboxylic acids is 1. The molecular weight excluding hydrogens is 324 g/mol. The fraction of sp³-hybridized carbons (Fsp3) is 0.786. The molecule has 9 heteroatoms. The normalized spacial score (nSPS) is 21.6. The maximum atomic E-state index is 10.8. The Bertz CT molecular complexity index is 499. The second kappa shape index (κ2) is 9.17. The second-order valence-electron chi connectivity index (χ2n) is 5.85. The molecule has 23 heavy (non-hydrogen) atoms. The lowest BCUT2D eigenvalue weighted by Crippen LogP contribution is -2.43. The van der Waals surface area contributed by atoms with Gasteiger partial charge in [0.25, 0.3) is 0 Å². The van der Waals surface area contributed by atoms with E-state index < -0.39 is 12.1 Å². The van der Waals surface area contributed by atoms with Gasteiger partial charge >= 0.3 is 5.97 Å². The van der Waals surface area contributed by atoms with Crippen LogP contribution in [0.4, 0.5) is 0 Å². The number of aromatic nitrogens is 2. The van der Waals surface area contributed by atoms with E-state index in [2.05, 4.69) is 17.1 Å². The van der Waals surface area contributed by atoms with E-state index in [1.807, 2.05) is 4.90 Å². The highest BCUT2D eigenvalue weighted by Gasteiger charge is 2.35. The van der Waals surface area contributed by atoms with E-state index >= 15 is 0 Å². The van der Waals surface area contributed by atoms with Crippen LogP contribution in [-0.4, -0.2) is 75.0 Å². The number of aryl methyl sites for hydroxylation is 1. The summed E-state index contributed by atoms with van der Waals surface area (Å²) < 4.78 is 5.19. The molecule has 132 valence electrons. The highest BCUT2D eigenvalue weighted by Crippen LogP contribution is 2.17.